The second-order valence-corrected chi connectivity index (χ2v) is 8.48. The molecule has 0 fully saturated rings. The number of benzene rings is 1. The third-order valence-corrected chi connectivity index (χ3v) is 4.16. The van der Waals surface area contributed by atoms with E-state index < -0.39 is 33.5 Å². The van der Waals surface area contributed by atoms with Crippen LogP contribution in [0.4, 0.5) is 4.79 Å². The van der Waals surface area contributed by atoms with Gasteiger partial charge in [-0.05, 0) is 44.9 Å². The molecule has 0 saturated heterocycles. The molecule has 0 saturated carbocycles. The summed E-state index contributed by atoms with van der Waals surface area (Å²) < 4.78 is 27.3. The van der Waals surface area contributed by atoms with Gasteiger partial charge in [-0.3, -0.25) is 9.59 Å². The molecule has 0 aliphatic rings. The van der Waals surface area contributed by atoms with Crippen molar-refractivity contribution in [3.63, 3.8) is 0 Å². The van der Waals surface area contributed by atoms with Crippen molar-refractivity contribution in [2.24, 2.45) is 5.14 Å². The van der Waals surface area contributed by atoms with Crippen LogP contribution >= 0.6 is 0 Å². The molecular weight excluding hydrogens is 388 g/mol. The topological polar surface area (TPSA) is 157 Å². The van der Waals surface area contributed by atoms with Gasteiger partial charge in [-0.2, -0.15) is 0 Å². The third kappa shape index (κ3) is 9.88. The molecule has 1 aromatic carbocycles. The van der Waals surface area contributed by atoms with E-state index in [4.69, 9.17) is 9.88 Å². The average molecular weight is 414 g/mol. The number of hydrogen-bond acceptors (Lipinski definition) is 6. The normalized spacial score (nSPS) is 11.4. The molecule has 1 rings (SSSR count). The Morgan fingerprint density at radius 2 is 1.50 bits per heavy atom. The molecule has 0 unspecified atom stereocenters. The largest absolute Gasteiger partial charge is 0.444 e. The van der Waals surface area contributed by atoms with Gasteiger partial charge in [0.05, 0.1) is 11.4 Å². The van der Waals surface area contributed by atoms with Crippen molar-refractivity contribution in [2.75, 3.05) is 19.6 Å². The van der Waals surface area contributed by atoms with Crippen LogP contribution in [0.15, 0.2) is 29.2 Å². The fourth-order valence-corrected chi connectivity index (χ4v) is 2.48. The predicted molar refractivity (Wildman–Crippen MR) is 102 cm³/mol. The number of ether oxygens (including phenoxy) is 1. The zero-order valence-electron chi connectivity index (χ0n) is 16.1. The minimum absolute atomic E-state index is 0.0167. The lowest BCUT2D eigenvalue weighted by atomic mass is 10.1. The smallest absolute Gasteiger partial charge is 0.408 e. The Labute approximate surface area is 164 Å². The van der Waals surface area contributed by atoms with E-state index in [9.17, 15) is 22.8 Å². The van der Waals surface area contributed by atoms with Gasteiger partial charge in [0.1, 0.15) is 12.1 Å². The third-order valence-electron chi connectivity index (χ3n) is 3.23. The molecule has 5 N–H and O–H groups in total. The maximum absolute atomic E-state index is 11.7. The van der Waals surface area contributed by atoms with E-state index in [1.54, 1.807) is 32.9 Å². The predicted octanol–water partition coefficient (Wildman–Crippen LogP) is -0.366. The highest BCUT2D eigenvalue weighted by Gasteiger charge is 2.16. The van der Waals surface area contributed by atoms with Crippen LogP contribution in [0, 0.1) is 0 Å². The molecule has 0 radical (unpaired) electrons. The average Bonchev–Trinajstić information content (AvgIpc) is 2.56. The standard InChI is InChI=1S/C17H26N4O6S/c1-17(2,3)27-16(24)21-11-15(23)20-10-14(22)19-9-8-12-4-6-13(7-5-12)28(18,25)26/h4-7H,8-11H2,1-3H3,(H,19,22)(H,20,23)(H,21,24)(H2,18,25,26). The number of primary sulfonamides is 1. The van der Waals surface area contributed by atoms with Crippen molar-refractivity contribution in [1.82, 2.24) is 16.0 Å². The number of alkyl carbamates (subject to hydrolysis) is 1. The van der Waals surface area contributed by atoms with Crippen LogP contribution < -0.4 is 21.1 Å². The molecule has 1 aromatic rings. The number of amides is 3. The van der Waals surface area contributed by atoms with Crippen molar-refractivity contribution < 1.29 is 27.5 Å². The SMILES string of the molecule is CC(C)(C)OC(=O)NCC(=O)NCC(=O)NCCc1ccc(S(N)(=O)=O)cc1. The van der Waals surface area contributed by atoms with Crippen LogP contribution in [0.2, 0.25) is 0 Å². The molecule has 0 atom stereocenters. The lowest BCUT2D eigenvalue weighted by Gasteiger charge is -2.19. The Morgan fingerprint density at radius 3 is 2.04 bits per heavy atom. The van der Waals surface area contributed by atoms with Crippen LogP contribution in [0.25, 0.3) is 0 Å². The summed E-state index contributed by atoms with van der Waals surface area (Å²) in [6.07, 6.45) is -0.245. The Hall–Kier alpha value is -2.66. The van der Waals surface area contributed by atoms with Gasteiger partial charge in [-0.15, -0.1) is 0 Å². The number of hydrogen-bond donors (Lipinski definition) is 4. The molecule has 11 heteroatoms. The summed E-state index contributed by atoms with van der Waals surface area (Å²) in [4.78, 5) is 34.8. The van der Waals surface area contributed by atoms with E-state index in [0.29, 0.717) is 13.0 Å². The van der Waals surface area contributed by atoms with E-state index in [2.05, 4.69) is 16.0 Å². The van der Waals surface area contributed by atoms with Crippen LogP contribution in [-0.2, 0) is 30.8 Å². The number of nitrogens with one attached hydrogen (secondary N) is 3. The lowest BCUT2D eigenvalue weighted by Crippen LogP contribution is -2.43. The van der Waals surface area contributed by atoms with Gasteiger partial charge < -0.3 is 20.7 Å². The number of carbonyl (C=O) groups excluding carboxylic acids is 3. The van der Waals surface area contributed by atoms with Crippen LogP contribution in [-0.4, -0.2) is 51.6 Å². The molecule has 0 bridgehead atoms. The summed E-state index contributed by atoms with van der Waals surface area (Å²) in [7, 11) is -3.73. The van der Waals surface area contributed by atoms with Gasteiger partial charge in [0.25, 0.3) is 0 Å². The summed E-state index contributed by atoms with van der Waals surface area (Å²) in [6.45, 7) is 4.86. The first-order valence-electron chi connectivity index (χ1n) is 8.49. The molecule has 0 aliphatic heterocycles. The monoisotopic (exact) mass is 414 g/mol. The number of sulfonamides is 1. The van der Waals surface area contributed by atoms with Crippen LogP contribution in [0.1, 0.15) is 26.3 Å². The first kappa shape index (κ1) is 23.4. The highest BCUT2D eigenvalue weighted by molar-refractivity contribution is 7.89. The van der Waals surface area contributed by atoms with Crippen molar-refractivity contribution in [3.05, 3.63) is 29.8 Å². The fraction of sp³-hybridized carbons (Fsp3) is 0.471. The summed E-state index contributed by atoms with van der Waals surface area (Å²) in [5.74, 6) is -0.925. The Bertz CT molecular complexity index is 800. The van der Waals surface area contributed by atoms with Gasteiger partial charge in [-0.25, -0.2) is 18.4 Å². The van der Waals surface area contributed by atoms with Gasteiger partial charge >= 0.3 is 6.09 Å². The van der Waals surface area contributed by atoms with Gasteiger partial charge in [0, 0.05) is 6.54 Å². The zero-order chi connectivity index (χ0) is 21.4. The van der Waals surface area contributed by atoms with Gasteiger partial charge in [-0.1, -0.05) is 12.1 Å². The summed E-state index contributed by atoms with van der Waals surface area (Å²) in [5, 5.41) is 12.3. The minimum Gasteiger partial charge on any atom is -0.444 e. The maximum Gasteiger partial charge on any atom is 0.408 e. The molecule has 10 nitrogen and oxygen atoms in total. The van der Waals surface area contributed by atoms with Crippen LogP contribution in [0.5, 0.6) is 0 Å². The Kier molecular flexibility index (Phi) is 8.38. The van der Waals surface area contributed by atoms with Gasteiger partial charge in [0.2, 0.25) is 21.8 Å². The molecule has 0 spiro atoms. The van der Waals surface area contributed by atoms with Crippen molar-refractivity contribution >= 4 is 27.9 Å². The Balaban J connectivity index is 2.24. The van der Waals surface area contributed by atoms with Crippen molar-refractivity contribution in [1.29, 1.82) is 0 Å². The second-order valence-electron chi connectivity index (χ2n) is 6.92. The molecule has 3 amide bonds. The molecule has 0 aromatic heterocycles. The second kappa shape index (κ2) is 10.0. The van der Waals surface area contributed by atoms with E-state index in [1.165, 1.54) is 12.1 Å². The number of rotatable bonds is 8. The van der Waals surface area contributed by atoms with E-state index in [0.717, 1.165) is 5.56 Å². The van der Waals surface area contributed by atoms with E-state index in [1.807, 2.05) is 0 Å². The quantitative estimate of drug-likeness (QED) is 0.455. The fourth-order valence-electron chi connectivity index (χ4n) is 1.96. The highest BCUT2D eigenvalue weighted by Crippen LogP contribution is 2.09. The van der Waals surface area contributed by atoms with Gasteiger partial charge in [0.15, 0.2) is 0 Å². The number of nitrogens with two attached hydrogens (primary N) is 1. The van der Waals surface area contributed by atoms with E-state index in [-0.39, 0.29) is 18.0 Å². The maximum atomic E-state index is 11.7. The number of carbonyl (C=O) groups is 3. The first-order chi connectivity index (χ1) is 12.9. The summed E-state index contributed by atoms with van der Waals surface area (Å²) in [5.41, 5.74) is 0.151. The Morgan fingerprint density at radius 1 is 0.964 bits per heavy atom. The zero-order valence-corrected chi connectivity index (χ0v) is 16.9. The highest BCUT2D eigenvalue weighted by atomic mass is 32.2. The molecule has 156 valence electrons. The lowest BCUT2D eigenvalue weighted by molar-refractivity contribution is -0.125. The van der Waals surface area contributed by atoms with Crippen molar-refractivity contribution in [2.45, 2.75) is 37.7 Å². The molecular formula is C17H26N4O6S. The van der Waals surface area contributed by atoms with Crippen molar-refractivity contribution in [3.8, 4) is 0 Å². The van der Waals surface area contributed by atoms with E-state index >= 15 is 0 Å². The minimum atomic E-state index is -3.73. The first-order valence-corrected chi connectivity index (χ1v) is 10.0. The summed E-state index contributed by atoms with van der Waals surface area (Å²) >= 11 is 0. The molecule has 0 aliphatic carbocycles. The molecule has 28 heavy (non-hydrogen) atoms. The molecule has 0 heterocycles. The van der Waals surface area contributed by atoms with Crippen LogP contribution in [0.3, 0.4) is 0 Å². The summed E-state index contributed by atoms with van der Waals surface area (Å²) in [6, 6.07) is 6.00.